The van der Waals surface area contributed by atoms with Crippen molar-refractivity contribution in [2.75, 3.05) is 12.3 Å². The largest absolute Gasteiger partial charge is 0.393 e. The van der Waals surface area contributed by atoms with Crippen LogP contribution in [-0.4, -0.2) is 31.8 Å². The van der Waals surface area contributed by atoms with Crippen LogP contribution in [0.1, 0.15) is 13.8 Å². The van der Waals surface area contributed by atoms with E-state index < -0.39 is 37.5 Å². The molecular formula is C11H16N4O5S. The first-order valence-corrected chi connectivity index (χ1v) is 7.52. The molecule has 0 aliphatic heterocycles. The number of anilines is 1. The summed E-state index contributed by atoms with van der Waals surface area (Å²) in [5.41, 5.74) is 4.46. The highest BCUT2D eigenvalue weighted by atomic mass is 32.2. The maximum atomic E-state index is 12.2. The Bertz CT molecular complexity index is 659. The van der Waals surface area contributed by atoms with E-state index in [0.717, 1.165) is 6.07 Å². The highest BCUT2D eigenvalue weighted by Gasteiger charge is 2.30. The van der Waals surface area contributed by atoms with Crippen LogP contribution >= 0.6 is 0 Å². The molecule has 10 heteroatoms. The number of amides is 1. The Labute approximate surface area is 121 Å². The number of likely N-dealkylation sites (N-methyl/N-ethyl adjacent to an activating group) is 1. The maximum absolute atomic E-state index is 12.2. The smallest absolute Gasteiger partial charge is 0.312 e. The van der Waals surface area contributed by atoms with Crippen LogP contribution in [0, 0.1) is 10.1 Å². The van der Waals surface area contributed by atoms with Gasteiger partial charge in [0.2, 0.25) is 15.9 Å². The van der Waals surface area contributed by atoms with Crippen molar-refractivity contribution in [1.82, 2.24) is 10.0 Å². The highest BCUT2D eigenvalue weighted by molar-refractivity contribution is 7.89. The average molecular weight is 316 g/mol. The van der Waals surface area contributed by atoms with Crippen molar-refractivity contribution in [2.45, 2.75) is 24.8 Å². The molecule has 0 saturated carbocycles. The van der Waals surface area contributed by atoms with Gasteiger partial charge < -0.3 is 11.1 Å². The number of sulfonamides is 1. The number of nitrogens with one attached hydrogen (secondary N) is 2. The summed E-state index contributed by atoms with van der Waals surface area (Å²) in [5.74, 6) is -0.535. The molecule has 1 atom stereocenters. The first kappa shape index (κ1) is 16.9. The lowest BCUT2D eigenvalue weighted by Gasteiger charge is -2.14. The summed E-state index contributed by atoms with van der Waals surface area (Å²) in [4.78, 5) is 21.1. The van der Waals surface area contributed by atoms with Gasteiger partial charge in [-0.2, -0.15) is 4.72 Å². The third-order valence-corrected chi connectivity index (χ3v) is 4.15. The zero-order valence-electron chi connectivity index (χ0n) is 11.5. The van der Waals surface area contributed by atoms with Gasteiger partial charge in [-0.25, -0.2) is 8.42 Å². The third-order valence-electron chi connectivity index (χ3n) is 2.58. The lowest BCUT2D eigenvalue weighted by Crippen LogP contribution is -2.44. The first-order valence-electron chi connectivity index (χ1n) is 6.03. The number of nitrogen functional groups attached to an aromatic ring is 1. The summed E-state index contributed by atoms with van der Waals surface area (Å²) >= 11 is 0. The molecule has 0 saturated heterocycles. The molecular weight excluding hydrogens is 300 g/mol. The minimum atomic E-state index is -4.25. The topological polar surface area (TPSA) is 144 Å². The third kappa shape index (κ3) is 3.89. The van der Waals surface area contributed by atoms with Gasteiger partial charge in [-0.15, -0.1) is 0 Å². The number of nitro benzene ring substituents is 1. The number of carbonyl (C=O) groups excluding carboxylic acids is 1. The Kier molecular flexibility index (Phi) is 5.22. The van der Waals surface area contributed by atoms with Gasteiger partial charge in [0.1, 0.15) is 5.69 Å². The number of nitrogens with zero attached hydrogens (tertiary/aromatic N) is 1. The summed E-state index contributed by atoms with van der Waals surface area (Å²) in [6.07, 6.45) is 0. The molecule has 0 bridgehead atoms. The second kappa shape index (κ2) is 6.50. The van der Waals surface area contributed by atoms with E-state index in [1.807, 2.05) is 0 Å². The molecule has 0 aliphatic carbocycles. The number of rotatable bonds is 6. The molecule has 1 amide bonds. The normalized spacial score (nSPS) is 12.7. The quantitative estimate of drug-likeness (QED) is 0.382. The molecule has 21 heavy (non-hydrogen) atoms. The fourth-order valence-corrected chi connectivity index (χ4v) is 3.03. The van der Waals surface area contributed by atoms with E-state index in [9.17, 15) is 23.3 Å². The molecule has 0 radical (unpaired) electrons. The number of hydrogen-bond acceptors (Lipinski definition) is 6. The number of nitrogens with two attached hydrogens (primary N) is 1. The summed E-state index contributed by atoms with van der Waals surface area (Å²) < 4.78 is 26.4. The van der Waals surface area contributed by atoms with E-state index in [2.05, 4.69) is 10.0 Å². The van der Waals surface area contributed by atoms with Crippen LogP contribution in [0.2, 0.25) is 0 Å². The van der Waals surface area contributed by atoms with E-state index in [1.165, 1.54) is 19.1 Å². The van der Waals surface area contributed by atoms with Crippen LogP contribution < -0.4 is 15.8 Å². The fourth-order valence-electron chi connectivity index (χ4n) is 1.63. The van der Waals surface area contributed by atoms with Gasteiger partial charge in [0.15, 0.2) is 4.90 Å². The van der Waals surface area contributed by atoms with Crippen molar-refractivity contribution in [3.8, 4) is 0 Å². The summed E-state index contributed by atoms with van der Waals surface area (Å²) in [5, 5.41) is 13.4. The Morgan fingerprint density at radius 1 is 1.48 bits per heavy atom. The van der Waals surface area contributed by atoms with Crippen molar-refractivity contribution in [2.24, 2.45) is 0 Å². The van der Waals surface area contributed by atoms with Crippen molar-refractivity contribution >= 4 is 27.3 Å². The second-order valence-corrected chi connectivity index (χ2v) is 5.87. The molecule has 1 aromatic rings. The number of hydrogen-bond donors (Lipinski definition) is 3. The van der Waals surface area contributed by atoms with Crippen LogP contribution in [0.15, 0.2) is 23.1 Å². The summed E-state index contributed by atoms with van der Waals surface area (Å²) in [7, 11) is -4.25. The lowest BCUT2D eigenvalue weighted by atomic mass is 10.3. The van der Waals surface area contributed by atoms with E-state index in [1.54, 1.807) is 6.92 Å². The van der Waals surface area contributed by atoms with E-state index in [0.29, 0.717) is 6.54 Å². The standard InChI is InChI=1S/C11H16N4O5S/c1-3-13-11(16)7(2)14-21(19,20)9-6-4-5-8(12)10(9)15(17)18/h4-7,14H,3,12H2,1-2H3,(H,13,16). The summed E-state index contributed by atoms with van der Waals surface area (Å²) in [6, 6.07) is 2.50. The molecule has 0 heterocycles. The zero-order chi connectivity index (χ0) is 16.2. The zero-order valence-corrected chi connectivity index (χ0v) is 12.3. The van der Waals surface area contributed by atoms with Crippen molar-refractivity contribution in [1.29, 1.82) is 0 Å². The Balaban J connectivity index is 3.18. The second-order valence-electron chi connectivity index (χ2n) is 4.19. The molecule has 0 spiro atoms. The van der Waals surface area contributed by atoms with Crippen molar-refractivity contribution in [3.05, 3.63) is 28.3 Å². The van der Waals surface area contributed by atoms with Gasteiger partial charge in [0.05, 0.1) is 11.0 Å². The molecule has 4 N–H and O–H groups in total. The average Bonchev–Trinajstić information content (AvgIpc) is 2.37. The Morgan fingerprint density at radius 2 is 2.10 bits per heavy atom. The number of para-hydroxylation sites is 1. The van der Waals surface area contributed by atoms with Crippen LogP contribution in [-0.2, 0) is 14.8 Å². The molecule has 116 valence electrons. The highest BCUT2D eigenvalue weighted by Crippen LogP contribution is 2.29. The van der Waals surface area contributed by atoms with E-state index in [4.69, 9.17) is 5.73 Å². The van der Waals surface area contributed by atoms with Crippen LogP contribution in [0.5, 0.6) is 0 Å². The van der Waals surface area contributed by atoms with Gasteiger partial charge in [-0.3, -0.25) is 14.9 Å². The van der Waals surface area contributed by atoms with Gasteiger partial charge in [0.25, 0.3) is 0 Å². The SMILES string of the molecule is CCNC(=O)C(C)NS(=O)(=O)c1cccc(N)c1[N+](=O)[O-]. The molecule has 1 unspecified atom stereocenters. The number of carbonyl (C=O) groups is 1. The molecule has 0 aromatic heterocycles. The minimum Gasteiger partial charge on any atom is -0.393 e. The van der Waals surface area contributed by atoms with Crippen molar-refractivity contribution in [3.63, 3.8) is 0 Å². The molecule has 0 fully saturated rings. The minimum absolute atomic E-state index is 0.270. The van der Waals surface area contributed by atoms with E-state index >= 15 is 0 Å². The van der Waals surface area contributed by atoms with Crippen molar-refractivity contribution < 1.29 is 18.1 Å². The monoisotopic (exact) mass is 316 g/mol. The number of nitro groups is 1. The lowest BCUT2D eigenvalue weighted by molar-refractivity contribution is -0.386. The molecule has 1 aromatic carbocycles. The predicted octanol–water partition coefficient (Wildman–Crippen LogP) is -0.0201. The maximum Gasteiger partial charge on any atom is 0.312 e. The predicted molar refractivity (Wildman–Crippen MR) is 76.0 cm³/mol. The van der Waals surface area contributed by atoms with Crippen LogP contribution in [0.3, 0.4) is 0 Å². The van der Waals surface area contributed by atoms with Gasteiger partial charge >= 0.3 is 5.69 Å². The molecule has 0 aliphatic rings. The molecule has 1 rings (SSSR count). The first-order chi connectivity index (χ1) is 9.70. The Hall–Kier alpha value is -2.20. The summed E-state index contributed by atoms with van der Waals surface area (Å²) in [6.45, 7) is 3.35. The van der Waals surface area contributed by atoms with Crippen LogP contribution in [0.4, 0.5) is 11.4 Å². The molecule has 9 nitrogen and oxygen atoms in total. The van der Waals surface area contributed by atoms with Gasteiger partial charge in [-0.1, -0.05) is 6.07 Å². The fraction of sp³-hybridized carbons (Fsp3) is 0.364. The van der Waals surface area contributed by atoms with Crippen LogP contribution in [0.25, 0.3) is 0 Å². The van der Waals surface area contributed by atoms with Gasteiger partial charge in [0, 0.05) is 6.54 Å². The Morgan fingerprint density at radius 3 is 2.62 bits per heavy atom. The van der Waals surface area contributed by atoms with Gasteiger partial charge in [-0.05, 0) is 26.0 Å². The van der Waals surface area contributed by atoms with E-state index in [-0.39, 0.29) is 5.69 Å². The number of benzene rings is 1.